The largest absolute Gasteiger partial charge is 0.796 e. The Morgan fingerprint density at radius 2 is 1.89 bits per heavy atom. The molecule has 0 aliphatic rings. The molecule has 0 saturated heterocycles. The molecule has 0 N–H and O–H groups in total. The Morgan fingerprint density at radius 3 is 2.40 bits per heavy atom. The van der Waals surface area contributed by atoms with E-state index in [-0.39, 0.29) is 18.6 Å². The lowest BCUT2D eigenvalue weighted by atomic mass is 10.2. The van der Waals surface area contributed by atoms with Gasteiger partial charge in [0, 0.05) is 24.3 Å². The van der Waals surface area contributed by atoms with Crippen molar-refractivity contribution >= 4 is 35.9 Å². The topological polar surface area (TPSA) is 132 Å². The maximum absolute atomic E-state index is 13.1. The smallest absolute Gasteiger partial charge is 0.417 e. The van der Waals surface area contributed by atoms with Gasteiger partial charge in [-0.15, -0.1) is 0 Å². The van der Waals surface area contributed by atoms with Gasteiger partial charge in [-0.25, -0.2) is 4.98 Å². The normalized spacial score (nSPS) is 14.7. The van der Waals surface area contributed by atoms with Crippen molar-refractivity contribution in [2.75, 3.05) is 0 Å². The summed E-state index contributed by atoms with van der Waals surface area (Å²) < 4.78 is 62.0. The van der Waals surface area contributed by atoms with Crippen molar-refractivity contribution in [2.45, 2.75) is 58.0 Å². The third kappa shape index (κ3) is 7.65. The molecule has 0 bridgehead atoms. The van der Waals surface area contributed by atoms with E-state index in [1.54, 1.807) is 20.8 Å². The molecular formula is C21H22ClF3N2O7P-. The second kappa shape index (κ2) is 10.5. The summed E-state index contributed by atoms with van der Waals surface area (Å²) in [6.45, 7) is 6.25. The van der Waals surface area contributed by atoms with Crippen molar-refractivity contribution in [1.82, 2.24) is 4.98 Å². The van der Waals surface area contributed by atoms with Crippen LogP contribution in [0.3, 0.4) is 0 Å². The van der Waals surface area contributed by atoms with Crippen LogP contribution in [0, 0.1) is 10.1 Å². The van der Waals surface area contributed by atoms with Gasteiger partial charge in [0.1, 0.15) is 16.4 Å². The molecule has 0 saturated carbocycles. The molecule has 0 amide bonds. The van der Waals surface area contributed by atoms with E-state index in [2.05, 4.69) is 4.98 Å². The van der Waals surface area contributed by atoms with Crippen LogP contribution in [0.25, 0.3) is 0 Å². The molecular weight excluding hydrogens is 516 g/mol. The number of rotatable bonds is 8. The van der Waals surface area contributed by atoms with Crippen molar-refractivity contribution in [1.29, 1.82) is 0 Å². The number of alkyl halides is 3. The van der Waals surface area contributed by atoms with Crippen LogP contribution in [0.5, 0.6) is 11.6 Å². The maximum atomic E-state index is 13.1. The first-order valence-corrected chi connectivity index (χ1v) is 12.2. The molecule has 1 aromatic heterocycles. The highest BCUT2D eigenvalue weighted by molar-refractivity contribution is 7.65. The number of esters is 1. The molecule has 2 aromatic rings. The van der Waals surface area contributed by atoms with Gasteiger partial charge in [-0.2, -0.15) is 13.2 Å². The first-order valence-electron chi connectivity index (χ1n) is 10.1. The molecule has 192 valence electrons. The van der Waals surface area contributed by atoms with Gasteiger partial charge in [0.2, 0.25) is 5.88 Å². The summed E-state index contributed by atoms with van der Waals surface area (Å²) in [4.78, 5) is 39.1. The summed E-state index contributed by atoms with van der Waals surface area (Å²) in [5.74, 6) is -1.34. The number of pyridine rings is 1. The molecule has 1 aromatic carbocycles. The number of halogens is 4. The number of nitro groups is 1. The molecule has 2 atom stereocenters. The van der Waals surface area contributed by atoms with Gasteiger partial charge < -0.3 is 18.9 Å². The number of nitrogens with zero attached hydrogens (tertiary/aromatic N) is 2. The number of hydrogen-bond acceptors (Lipinski definition) is 8. The monoisotopic (exact) mass is 537 g/mol. The molecule has 14 heteroatoms. The predicted octanol–water partition coefficient (Wildman–Crippen LogP) is 5.23. The van der Waals surface area contributed by atoms with Crippen LogP contribution in [-0.2, 0) is 20.3 Å². The molecule has 35 heavy (non-hydrogen) atoms. The summed E-state index contributed by atoms with van der Waals surface area (Å²) in [5, 5.41) is 10.3. The molecule has 1 heterocycles. The average Bonchev–Trinajstić information content (AvgIpc) is 2.71. The second-order valence-electron chi connectivity index (χ2n) is 8.59. The van der Waals surface area contributed by atoms with Crippen LogP contribution in [0.15, 0.2) is 30.5 Å². The van der Waals surface area contributed by atoms with Gasteiger partial charge in [-0.1, -0.05) is 18.5 Å². The molecule has 0 aliphatic carbocycles. The van der Waals surface area contributed by atoms with E-state index in [0.717, 1.165) is 18.2 Å². The zero-order chi connectivity index (χ0) is 26.8. The van der Waals surface area contributed by atoms with E-state index < -0.39 is 63.2 Å². The Kier molecular flexibility index (Phi) is 8.57. The fourth-order valence-electron chi connectivity index (χ4n) is 2.86. The van der Waals surface area contributed by atoms with Crippen LogP contribution in [0.1, 0.15) is 46.1 Å². The van der Waals surface area contributed by atoms with Gasteiger partial charge in [0.25, 0.3) is 5.69 Å². The van der Waals surface area contributed by atoms with Crippen molar-refractivity contribution in [3.8, 4) is 11.6 Å². The van der Waals surface area contributed by atoms with E-state index >= 15 is 0 Å². The van der Waals surface area contributed by atoms with Gasteiger partial charge >= 0.3 is 12.1 Å². The standard InChI is InChI=1S/C21H23ClF3N2O7P/c1-12(5-8-18(28)34-20(2,3)4)35(31,32)17-10-14(6-7-16(17)27(29)30)33-19-15(22)9-13(11-26-19)21(23,24)25/h6-7,9-12H,5,8H2,1-4H3,(H,31,32)/p-1. The second-order valence-corrected chi connectivity index (χ2v) is 11.6. The molecule has 0 fully saturated rings. The fourth-order valence-corrected chi connectivity index (χ4v) is 4.80. The lowest BCUT2D eigenvalue weighted by Gasteiger charge is -2.30. The number of ether oxygens (including phenoxy) is 2. The predicted molar refractivity (Wildman–Crippen MR) is 119 cm³/mol. The minimum absolute atomic E-state index is 0.162. The van der Waals surface area contributed by atoms with Crippen LogP contribution in [0.4, 0.5) is 18.9 Å². The van der Waals surface area contributed by atoms with Crippen molar-refractivity contribution in [3.05, 3.63) is 51.2 Å². The van der Waals surface area contributed by atoms with Crippen molar-refractivity contribution < 1.29 is 41.8 Å². The van der Waals surface area contributed by atoms with E-state index in [1.165, 1.54) is 6.92 Å². The van der Waals surface area contributed by atoms with E-state index in [4.69, 9.17) is 21.1 Å². The number of carbonyl (C=O) groups excluding carboxylic acids is 1. The zero-order valence-corrected chi connectivity index (χ0v) is 20.7. The highest BCUT2D eigenvalue weighted by Gasteiger charge is 2.32. The summed E-state index contributed by atoms with van der Waals surface area (Å²) in [7, 11) is -4.69. The number of benzene rings is 1. The van der Waals surface area contributed by atoms with E-state index in [0.29, 0.717) is 12.3 Å². The molecule has 2 rings (SSSR count). The third-order valence-corrected chi connectivity index (χ3v) is 7.31. The van der Waals surface area contributed by atoms with Gasteiger partial charge in [-0.3, -0.25) is 14.9 Å². The summed E-state index contributed by atoms with van der Waals surface area (Å²) in [5.41, 5.74) is -3.80. The highest BCUT2D eigenvalue weighted by Crippen LogP contribution is 2.46. The number of hydrogen-bond donors (Lipinski definition) is 0. The summed E-state index contributed by atoms with van der Waals surface area (Å²) >= 11 is 5.81. The van der Waals surface area contributed by atoms with Gasteiger partial charge in [0.05, 0.1) is 23.2 Å². The van der Waals surface area contributed by atoms with Gasteiger partial charge in [-0.05, 0) is 45.4 Å². The van der Waals surface area contributed by atoms with E-state index in [9.17, 15) is 37.5 Å². The van der Waals surface area contributed by atoms with Gasteiger partial charge in [0.15, 0.2) is 0 Å². The zero-order valence-electron chi connectivity index (χ0n) is 19.1. The Bertz CT molecular complexity index is 1170. The minimum atomic E-state index is -4.69. The Labute approximate surface area is 203 Å². The molecule has 9 nitrogen and oxygen atoms in total. The van der Waals surface area contributed by atoms with Crippen LogP contribution in [-0.4, -0.2) is 27.1 Å². The fraction of sp³-hybridized carbons (Fsp3) is 0.429. The lowest BCUT2D eigenvalue weighted by molar-refractivity contribution is -0.383. The van der Waals surface area contributed by atoms with E-state index in [1.807, 2.05) is 0 Å². The summed E-state index contributed by atoms with van der Waals surface area (Å²) in [6, 6.07) is 3.38. The van der Waals surface area contributed by atoms with Crippen molar-refractivity contribution in [2.24, 2.45) is 0 Å². The quantitative estimate of drug-likeness (QED) is 0.193. The third-order valence-electron chi connectivity index (χ3n) is 4.60. The lowest BCUT2D eigenvalue weighted by Crippen LogP contribution is -2.28. The van der Waals surface area contributed by atoms with Crippen LogP contribution >= 0.6 is 19.0 Å². The SMILES string of the molecule is CC(CCC(=O)OC(C)(C)C)P(=O)([O-])c1cc(Oc2ncc(C(F)(F)F)cc2Cl)ccc1[N+](=O)[O-]. The van der Waals surface area contributed by atoms with Crippen molar-refractivity contribution in [3.63, 3.8) is 0 Å². The average molecular weight is 538 g/mol. The molecule has 0 radical (unpaired) electrons. The summed E-state index contributed by atoms with van der Waals surface area (Å²) in [6.07, 6.45) is -4.62. The number of aromatic nitrogens is 1. The number of nitro benzene ring substituents is 1. The Hall–Kier alpha value is -2.69. The van der Waals surface area contributed by atoms with Crippen LogP contribution < -0.4 is 14.9 Å². The highest BCUT2D eigenvalue weighted by atomic mass is 35.5. The molecule has 0 spiro atoms. The maximum Gasteiger partial charge on any atom is 0.417 e. The minimum Gasteiger partial charge on any atom is -0.796 e. The Morgan fingerprint density at radius 1 is 1.26 bits per heavy atom. The molecule has 2 unspecified atom stereocenters. The molecule has 0 aliphatic heterocycles. The van der Waals surface area contributed by atoms with Crippen LogP contribution in [0.2, 0.25) is 5.02 Å². The first-order chi connectivity index (χ1) is 15.9. The number of carbonyl (C=O) groups is 1. The first kappa shape index (κ1) is 28.5. The Balaban J connectivity index is 2.34.